The molecular weight excluding hydrogens is 272 g/mol. The van der Waals surface area contributed by atoms with E-state index in [4.69, 9.17) is 0 Å². The van der Waals surface area contributed by atoms with Crippen LogP contribution in [-0.2, 0) is 6.42 Å². The highest BCUT2D eigenvalue weighted by atomic mass is 16.1. The van der Waals surface area contributed by atoms with Crippen molar-refractivity contribution >= 4 is 5.91 Å². The number of nitrogens with zero attached hydrogens (tertiary/aromatic N) is 1. The third-order valence-electron chi connectivity index (χ3n) is 4.26. The molecule has 1 amide bonds. The highest BCUT2D eigenvalue weighted by Gasteiger charge is 2.17. The van der Waals surface area contributed by atoms with E-state index in [1.807, 2.05) is 32.9 Å². The molecule has 0 bridgehead atoms. The molecule has 3 heteroatoms. The maximum Gasteiger partial charge on any atom is 0.252 e. The number of carbonyl (C=O) groups is 1. The van der Waals surface area contributed by atoms with Crippen LogP contribution in [0.3, 0.4) is 0 Å². The molecule has 0 fully saturated rings. The van der Waals surface area contributed by atoms with E-state index in [-0.39, 0.29) is 11.9 Å². The predicted octanol–water partition coefficient (Wildman–Crippen LogP) is 3.68. The van der Waals surface area contributed by atoms with E-state index in [2.05, 4.69) is 30.2 Å². The second kappa shape index (κ2) is 6.73. The van der Waals surface area contributed by atoms with E-state index in [9.17, 15) is 4.79 Å². The third-order valence-corrected chi connectivity index (χ3v) is 4.26. The van der Waals surface area contributed by atoms with Crippen LogP contribution in [0.25, 0.3) is 0 Å². The lowest BCUT2D eigenvalue weighted by atomic mass is 9.93. The van der Waals surface area contributed by atoms with Crippen LogP contribution >= 0.6 is 0 Å². The van der Waals surface area contributed by atoms with Gasteiger partial charge in [0.1, 0.15) is 0 Å². The molecule has 0 aliphatic carbocycles. The predicted molar refractivity (Wildman–Crippen MR) is 90.3 cm³/mol. The van der Waals surface area contributed by atoms with Gasteiger partial charge >= 0.3 is 0 Å². The summed E-state index contributed by atoms with van der Waals surface area (Å²) in [6, 6.07) is 6.18. The van der Waals surface area contributed by atoms with Crippen molar-refractivity contribution in [3.8, 4) is 0 Å². The first kappa shape index (κ1) is 16.2. The number of pyridine rings is 1. The lowest BCUT2D eigenvalue weighted by molar-refractivity contribution is 0.0938. The average molecular weight is 296 g/mol. The molecule has 1 atom stereocenters. The van der Waals surface area contributed by atoms with Gasteiger partial charge in [0.05, 0.1) is 0 Å². The van der Waals surface area contributed by atoms with Crippen LogP contribution in [0.2, 0.25) is 0 Å². The SMILES string of the molecule is Cc1cc(C)c(C)c(C(=O)N[C@@H](C)Cc2ccncc2)c1C. The van der Waals surface area contributed by atoms with Crippen LogP contribution in [-0.4, -0.2) is 16.9 Å². The number of nitrogens with one attached hydrogen (secondary N) is 1. The number of hydrogen-bond donors (Lipinski definition) is 1. The largest absolute Gasteiger partial charge is 0.349 e. The number of benzene rings is 1. The second-order valence-electron chi connectivity index (χ2n) is 6.07. The van der Waals surface area contributed by atoms with Gasteiger partial charge in [0.2, 0.25) is 0 Å². The Morgan fingerprint density at radius 2 is 1.64 bits per heavy atom. The fourth-order valence-corrected chi connectivity index (χ4v) is 2.78. The van der Waals surface area contributed by atoms with E-state index in [0.29, 0.717) is 0 Å². The molecule has 2 aromatic rings. The molecule has 0 saturated carbocycles. The summed E-state index contributed by atoms with van der Waals surface area (Å²) in [5, 5.41) is 3.12. The van der Waals surface area contributed by atoms with Crippen LogP contribution in [0.5, 0.6) is 0 Å². The van der Waals surface area contributed by atoms with Crippen molar-refractivity contribution in [2.45, 2.75) is 47.1 Å². The zero-order chi connectivity index (χ0) is 16.3. The zero-order valence-corrected chi connectivity index (χ0v) is 14.0. The van der Waals surface area contributed by atoms with Gasteiger partial charge in [-0.25, -0.2) is 0 Å². The molecule has 0 spiro atoms. The van der Waals surface area contributed by atoms with Crippen molar-refractivity contribution in [2.24, 2.45) is 0 Å². The van der Waals surface area contributed by atoms with Gasteiger partial charge in [0, 0.05) is 24.0 Å². The van der Waals surface area contributed by atoms with Crippen LogP contribution in [0.4, 0.5) is 0 Å². The summed E-state index contributed by atoms with van der Waals surface area (Å²) < 4.78 is 0. The minimum atomic E-state index is 0.0170. The molecule has 1 N–H and O–H groups in total. The molecule has 0 unspecified atom stereocenters. The minimum Gasteiger partial charge on any atom is -0.349 e. The molecule has 0 aliphatic heterocycles. The number of rotatable bonds is 4. The molecule has 0 aliphatic rings. The fraction of sp³-hybridized carbons (Fsp3) is 0.368. The Kier molecular flexibility index (Phi) is 4.96. The van der Waals surface area contributed by atoms with Gasteiger partial charge in [-0.05, 0) is 81.0 Å². The highest BCUT2D eigenvalue weighted by molar-refractivity contribution is 5.97. The standard InChI is InChI=1S/C19H24N2O/c1-12-10-13(2)16(5)18(15(12)4)19(22)21-14(3)11-17-6-8-20-9-7-17/h6-10,14H,11H2,1-5H3,(H,21,22)/t14-/m0/s1. The van der Waals surface area contributed by atoms with Gasteiger partial charge in [0.25, 0.3) is 5.91 Å². The first-order valence-electron chi connectivity index (χ1n) is 7.67. The Balaban J connectivity index is 2.16. The van der Waals surface area contributed by atoms with Gasteiger partial charge in [-0.15, -0.1) is 0 Å². The van der Waals surface area contributed by atoms with Gasteiger partial charge in [-0.1, -0.05) is 6.07 Å². The van der Waals surface area contributed by atoms with Crippen molar-refractivity contribution in [3.05, 3.63) is 64.0 Å². The van der Waals surface area contributed by atoms with Gasteiger partial charge < -0.3 is 5.32 Å². The number of amides is 1. The fourth-order valence-electron chi connectivity index (χ4n) is 2.78. The number of carbonyl (C=O) groups excluding carboxylic acids is 1. The Bertz CT molecular complexity index is 651. The topological polar surface area (TPSA) is 42.0 Å². The van der Waals surface area contributed by atoms with Crippen LogP contribution in [0.15, 0.2) is 30.6 Å². The van der Waals surface area contributed by atoms with E-state index in [1.165, 1.54) is 5.56 Å². The smallest absolute Gasteiger partial charge is 0.252 e. The summed E-state index contributed by atoms with van der Waals surface area (Å²) in [5.74, 6) is 0.0170. The Hall–Kier alpha value is -2.16. The zero-order valence-electron chi connectivity index (χ0n) is 14.0. The van der Waals surface area contributed by atoms with E-state index in [1.54, 1.807) is 12.4 Å². The quantitative estimate of drug-likeness (QED) is 0.935. The average Bonchev–Trinajstić information content (AvgIpc) is 2.46. The Labute approximate surface area is 132 Å². The number of aromatic nitrogens is 1. The molecule has 2 rings (SSSR count). The lowest BCUT2D eigenvalue weighted by Crippen LogP contribution is -2.35. The molecular formula is C19H24N2O. The summed E-state index contributed by atoms with van der Waals surface area (Å²) in [6.45, 7) is 10.2. The summed E-state index contributed by atoms with van der Waals surface area (Å²) in [5.41, 5.74) is 6.45. The molecule has 0 saturated heterocycles. The summed E-state index contributed by atoms with van der Waals surface area (Å²) >= 11 is 0. The summed E-state index contributed by atoms with van der Waals surface area (Å²) in [7, 11) is 0. The number of aryl methyl sites for hydroxylation is 2. The summed E-state index contributed by atoms with van der Waals surface area (Å²) in [4.78, 5) is 16.7. The van der Waals surface area contributed by atoms with Gasteiger partial charge in [-0.2, -0.15) is 0 Å². The molecule has 3 nitrogen and oxygen atoms in total. The van der Waals surface area contributed by atoms with E-state index >= 15 is 0 Å². The monoisotopic (exact) mass is 296 g/mol. The molecule has 0 radical (unpaired) electrons. The molecule has 1 heterocycles. The first-order chi connectivity index (χ1) is 10.4. The van der Waals surface area contributed by atoms with Gasteiger partial charge in [0.15, 0.2) is 0 Å². The second-order valence-corrected chi connectivity index (χ2v) is 6.07. The van der Waals surface area contributed by atoms with Crippen LogP contribution in [0.1, 0.15) is 45.1 Å². The Morgan fingerprint density at radius 1 is 1.09 bits per heavy atom. The minimum absolute atomic E-state index is 0.0170. The normalized spacial score (nSPS) is 12.0. The van der Waals surface area contributed by atoms with Crippen molar-refractivity contribution in [3.63, 3.8) is 0 Å². The molecule has 1 aromatic heterocycles. The third kappa shape index (κ3) is 3.53. The number of hydrogen-bond acceptors (Lipinski definition) is 2. The summed E-state index contributed by atoms with van der Waals surface area (Å²) in [6.07, 6.45) is 4.36. The van der Waals surface area contributed by atoms with E-state index < -0.39 is 0 Å². The van der Waals surface area contributed by atoms with Crippen molar-refractivity contribution < 1.29 is 4.79 Å². The van der Waals surface area contributed by atoms with Crippen LogP contribution < -0.4 is 5.32 Å². The Morgan fingerprint density at radius 3 is 2.18 bits per heavy atom. The molecule has 1 aromatic carbocycles. The molecule has 22 heavy (non-hydrogen) atoms. The van der Waals surface area contributed by atoms with Gasteiger partial charge in [-0.3, -0.25) is 9.78 Å². The lowest BCUT2D eigenvalue weighted by Gasteiger charge is -2.18. The maximum absolute atomic E-state index is 12.7. The first-order valence-corrected chi connectivity index (χ1v) is 7.67. The van der Waals surface area contributed by atoms with Crippen molar-refractivity contribution in [1.29, 1.82) is 0 Å². The van der Waals surface area contributed by atoms with Crippen molar-refractivity contribution in [2.75, 3.05) is 0 Å². The van der Waals surface area contributed by atoms with Crippen LogP contribution in [0, 0.1) is 27.7 Å². The maximum atomic E-state index is 12.7. The van der Waals surface area contributed by atoms with E-state index in [0.717, 1.165) is 34.2 Å². The van der Waals surface area contributed by atoms with Crippen molar-refractivity contribution in [1.82, 2.24) is 10.3 Å². The highest BCUT2D eigenvalue weighted by Crippen LogP contribution is 2.21. The molecule has 116 valence electrons.